The average Bonchev–Trinajstić information content (AvgIpc) is 2.17. The van der Waals surface area contributed by atoms with E-state index in [1.54, 1.807) is 7.11 Å². The molecule has 0 aliphatic carbocycles. The quantitative estimate of drug-likeness (QED) is 0.816. The molecule has 0 unspecified atom stereocenters. The first-order valence-electron chi connectivity index (χ1n) is 4.17. The predicted molar refractivity (Wildman–Crippen MR) is 57.5 cm³/mol. The maximum Gasteiger partial charge on any atom is 0.118 e. The van der Waals surface area contributed by atoms with Gasteiger partial charge in [-0.25, -0.2) is 0 Å². The van der Waals surface area contributed by atoms with Gasteiger partial charge in [-0.2, -0.15) is 0 Å². The lowest BCUT2D eigenvalue weighted by Crippen LogP contribution is -2.07. The molecule has 0 saturated heterocycles. The molecule has 0 aromatic heterocycles. The third-order valence-electron chi connectivity index (χ3n) is 1.98. The van der Waals surface area contributed by atoms with E-state index in [9.17, 15) is 0 Å². The van der Waals surface area contributed by atoms with E-state index in [0.717, 1.165) is 12.2 Å². The molecule has 1 aromatic rings. The predicted octanol–water partition coefficient (Wildman–Crippen LogP) is 2.53. The van der Waals surface area contributed by atoms with Gasteiger partial charge < -0.3 is 10.5 Å². The second kappa shape index (κ2) is 5.84. The molecular weight excluding hydrogens is 186 g/mol. The molecule has 0 bridgehead atoms. The number of hydrogen-bond donors (Lipinski definition) is 1. The van der Waals surface area contributed by atoms with Crippen molar-refractivity contribution in [1.29, 1.82) is 0 Å². The zero-order chi connectivity index (χ0) is 8.97. The maximum absolute atomic E-state index is 5.84. The highest BCUT2D eigenvalue weighted by Crippen LogP contribution is 2.17. The van der Waals surface area contributed by atoms with Crippen molar-refractivity contribution in [2.24, 2.45) is 5.73 Å². The van der Waals surface area contributed by atoms with Crippen molar-refractivity contribution < 1.29 is 4.74 Å². The van der Waals surface area contributed by atoms with E-state index in [4.69, 9.17) is 10.5 Å². The molecule has 13 heavy (non-hydrogen) atoms. The molecule has 1 rings (SSSR count). The van der Waals surface area contributed by atoms with Crippen LogP contribution in [-0.2, 0) is 0 Å². The van der Waals surface area contributed by atoms with Gasteiger partial charge in [-0.3, -0.25) is 0 Å². The third kappa shape index (κ3) is 3.25. The lowest BCUT2D eigenvalue weighted by Gasteiger charge is -2.09. The van der Waals surface area contributed by atoms with Crippen molar-refractivity contribution >= 4 is 12.4 Å². The van der Waals surface area contributed by atoms with Crippen LogP contribution in [0.5, 0.6) is 5.75 Å². The van der Waals surface area contributed by atoms with Crippen LogP contribution in [0.3, 0.4) is 0 Å². The van der Waals surface area contributed by atoms with Gasteiger partial charge in [0.05, 0.1) is 7.11 Å². The van der Waals surface area contributed by atoms with E-state index in [2.05, 4.69) is 6.92 Å². The molecule has 0 radical (unpaired) electrons. The molecule has 1 aromatic carbocycles. The van der Waals surface area contributed by atoms with Gasteiger partial charge in [0.15, 0.2) is 0 Å². The summed E-state index contributed by atoms with van der Waals surface area (Å²) >= 11 is 0. The van der Waals surface area contributed by atoms with Gasteiger partial charge in [0, 0.05) is 6.04 Å². The van der Waals surface area contributed by atoms with Crippen LogP contribution in [-0.4, -0.2) is 7.11 Å². The maximum atomic E-state index is 5.84. The molecule has 0 spiro atoms. The first kappa shape index (κ1) is 12.3. The normalized spacial score (nSPS) is 11.6. The Morgan fingerprint density at radius 2 is 1.85 bits per heavy atom. The van der Waals surface area contributed by atoms with Crippen LogP contribution in [0.25, 0.3) is 0 Å². The smallest absolute Gasteiger partial charge is 0.118 e. The largest absolute Gasteiger partial charge is 0.497 e. The summed E-state index contributed by atoms with van der Waals surface area (Å²) in [7, 11) is 1.66. The monoisotopic (exact) mass is 201 g/mol. The van der Waals surface area contributed by atoms with Gasteiger partial charge in [0.2, 0.25) is 0 Å². The number of rotatable bonds is 3. The summed E-state index contributed by atoms with van der Waals surface area (Å²) < 4.78 is 5.04. The fourth-order valence-corrected chi connectivity index (χ4v) is 1.09. The topological polar surface area (TPSA) is 35.2 Å². The average molecular weight is 202 g/mol. The minimum Gasteiger partial charge on any atom is -0.497 e. The second-order valence-corrected chi connectivity index (χ2v) is 2.79. The van der Waals surface area contributed by atoms with Gasteiger partial charge >= 0.3 is 0 Å². The highest BCUT2D eigenvalue weighted by Gasteiger charge is 2.01. The van der Waals surface area contributed by atoms with Gasteiger partial charge in [0.1, 0.15) is 5.75 Å². The Balaban J connectivity index is 0.00000144. The zero-order valence-corrected chi connectivity index (χ0v) is 8.80. The molecule has 2 N–H and O–H groups in total. The van der Waals surface area contributed by atoms with E-state index in [-0.39, 0.29) is 18.4 Å². The summed E-state index contributed by atoms with van der Waals surface area (Å²) in [5, 5.41) is 0. The highest BCUT2D eigenvalue weighted by molar-refractivity contribution is 5.85. The molecule has 1 atom stereocenters. The van der Waals surface area contributed by atoms with Gasteiger partial charge in [-0.1, -0.05) is 19.1 Å². The standard InChI is InChI=1S/C10H15NO.ClH/c1-3-10(11)8-4-6-9(12-2)7-5-8;/h4-7,10H,3,11H2,1-2H3;1H/t10-;/m1./s1. The third-order valence-corrected chi connectivity index (χ3v) is 1.98. The fourth-order valence-electron chi connectivity index (χ4n) is 1.09. The number of hydrogen-bond acceptors (Lipinski definition) is 2. The highest BCUT2D eigenvalue weighted by atomic mass is 35.5. The molecule has 0 amide bonds. The lowest BCUT2D eigenvalue weighted by molar-refractivity contribution is 0.414. The van der Waals surface area contributed by atoms with Crippen molar-refractivity contribution in [1.82, 2.24) is 0 Å². The van der Waals surface area contributed by atoms with E-state index >= 15 is 0 Å². The molecule has 0 saturated carbocycles. The molecule has 3 heteroatoms. The Morgan fingerprint density at radius 3 is 2.23 bits per heavy atom. The Bertz CT molecular complexity index is 235. The SMILES string of the molecule is CC[C@@H](N)c1ccc(OC)cc1.Cl. The van der Waals surface area contributed by atoms with Crippen LogP contribution in [0.4, 0.5) is 0 Å². The molecule has 0 heterocycles. The number of nitrogens with two attached hydrogens (primary N) is 1. The summed E-state index contributed by atoms with van der Waals surface area (Å²) in [6.07, 6.45) is 0.965. The van der Waals surface area contributed by atoms with Gasteiger partial charge in [-0.05, 0) is 24.1 Å². The summed E-state index contributed by atoms with van der Waals surface area (Å²) in [5.41, 5.74) is 7.01. The van der Waals surface area contributed by atoms with Crippen molar-refractivity contribution in [2.45, 2.75) is 19.4 Å². The number of benzene rings is 1. The second-order valence-electron chi connectivity index (χ2n) is 2.79. The van der Waals surface area contributed by atoms with Gasteiger partial charge in [0.25, 0.3) is 0 Å². The minimum absolute atomic E-state index is 0. The van der Waals surface area contributed by atoms with Crippen molar-refractivity contribution in [3.63, 3.8) is 0 Å². The summed E-state index contributed by atoms with van der Waals surface area (Å²) in [5.74, 6) is 0.877. The van der Waals surface area contributed by atoms with Crippen LogP contribution < -0.4 is 10.5 Å². The number of ether oxygens (including phenoxy) is 1. The van der Waals surface area contributed by atoms with Crippen LogP contribution in [0.1, 0.15) is 24.9 Å². The molecule has 2 nitrogen and oxygen atoms in total. The van der Waals surface area contributed by atoms with Crippen molar-refractivity contribution in [3.05, 3.63) is 29.8 Å². The Hall–Kier alpha value is -0.730. The minimum atomic E-state index is 0. The van der Waals surface area contributed by atoms with Crippen LogP contribution in [0.15, 0.2) is 24.3 Å². The number of halogens is 1. The molecule has 0 aliphatic heterocycles. The zero-order valence-electron chi connectivity index (χ0n) is 7.99. The van der Waals surface area contributed by atoms with Crippen LogP contribution in [0.2, 0.25) is 0 Å². The molecule has 74 valence electrons. The summed E-state index contributed by atoms with van der Waals surface area (Å²) in [6.45, 7) is 2.08. The summed E-state index contributed by atoms with van der Waals surface area (Å²) in [6, 6.07) is 8.03. The van der Waals surface area contributed by atoms with Crippen molar-refractivity contribution in [2.75, 3.05) is 7.11 Å². The van der Waals surface area contributed by atoms with E-state index in [1.807, 2.05) is 24.3 Å². The molecule has 0 aliphatic rings. The summed E-state index contributed by atoms with van der Waals surface area (Å²) in [4.78, 5) is 0. The van der Waals surface area contributed by atoms with E-state index in [0.29, 0.717) is 0 Å². The molecule has 0 fully saturated rings. The first-order chi connectivity index (χ1) is 5.77. The Morgan fingerprint density at radius 1 is 1.31 bits per heavy atom. The van der Waals surface area contributed by atoms with Crippen LogP contribution >= 0.6 is 12.4 Å². The lowest BCUT2D eigenvalue weighted by atomic mass is 10.1. The number of methoxy groups -OCH3 is 1. The Kier molecular flexibility index (Phi) is 5.51. The van der Waals surface area contributed by atoms with Gasteiger partial charge in [-0.15, -0.1) is 12.4 Å². The van der Waals surface area contributed by atoms with Crippen LogP contribution in [0, 0.1) is 0 Å². The van der Waals surface area contributed by atoms with E-state index in [1.165, 1.54) is 5.56 Å². The van der Waals surface area contributed by atoms with Crippen molar-refractivity contribution in [3.8, 4) is 5.75 Å². The molecular formula is C10H16ClNO. The Labute approximate surface area is 85.5 Å². The fraction of sp³-hybridized carbons (Fsp3) is 0.400. The first-order valence-corrected chi connectivity index (χ1v) is 4.17. The van der Waals surface area contributed by atoms with E-state index < -0.39 is 0 Å².